The summed E-state index contributed by atoms with van der Waals surface area (Å²) in [5.41, 5.74) is 6.15. The molecule has 0 atom stereocenters. The molecule has 0 saturated heterocycles. The summed E-state index contributed by atoms with van der Waals surface area (Å²) >= 11 is 0. The molecule has 0 aliphatic heterocycles. The summed E-state index contributed by atoms with van der Waals surface area (Å²) in [6, 6.07) is 19.1. The number of nitrogens with zero attached hydrogens (tertiary/aromatic N) is 2. The predicted molar refractivity (Wildman–Crippen MR) is 118 cm³/mol. The molecule has 1 heterocycles. The molecule has 0 amide bonds. The molecular weight excluding hydrogens is 429 g/mol. The van der Waals surface area contributed by atoms with Crippen LogP contribution in [0.3, 0.4) is 0 Å². The van der Waals surface area contributed by atoms with Crippen molar-refractivity contribution in [3.8, 4) is 28.1 Å². The molecule has 0 spiro atoms. The van der Waals surface area contributed by atoms with E-state index in [2.05, 4.69) is 17.2 Å². The molecule has 1 aliphatic carbocycles. The first-order valence-electron chi connectivity index (χ1n) is 10.4. The molecule has 0 saturated carbocycles. The van der Waals surface area contributed by atoms with Crippen LogP contribution < -0.4 is 0 Å². The van der Waals surface area contributed by atoms with Crippen LogP contribution in [0.4, 0.5) is 13.2 Å². The molecule has 166 valence electrons. The van der Waals surface area contributed by atoms with E-state index in [1.165, 1.54) is 29.0 Å². The van der Waals surface area contributed by atoms with E-state index in [-0.39, 0.29) is 12.1 Å². The SMILES string of the molecule is COC(=O)Cc1cn(-c2cccc(C(F)(F)F)c2)nc1-c1ccc2c(c1)Cc1ccccc1-2. The molecular formula is C26H19F3N2O2. The zero-order chi connectivity index (χ0) is 23.2. The number of carbonyl (C=O) groups is 1. The Morgan fingerprint density at radius 3 is 2.58 bits per heavy atom. The minimum Gasteiger partial charge on any atom is -0.469 e. The maximum Gasteiger partial charge on any atom is 0.416 e. The topological polar surface area (TPSA) is 44.1 Å². The fraction of sp³-hybridized carbons (Fsp3) is 0.154. The van der Waals surface area contributed by atoms with Crippen molar-refractivity contribution in [2.45, 2.75) is 19.0 Å². The fourth-order valence-electron chi connectivity index (χ4n) is 4.26. The van der Waals surface area contributed by atoms with Crippen LogP contribution in [0.15, 0.2) is 72.9 Å². The van der Waals surface area contributed by atoms with E-state index in [1.54, 1.807) is 12.3 Å². The summed E-state index contributed by atoms with van der Waals surface area (Å²) in [7, 11) is 1.30. The minimum absolute atomic E-state index is 0.0396. The van der Waals surface area contributed by atoms with Crippen molar-refractivity contribution in [2.75, 3.05) is 7.11 Å². The Hall–Kier alpha value is -3.87. The highest BCUT2D eigenvalue weighted by Crippen LogP contribution is 2.39. The number of rotatable bonds is 4. The Kier molecular flexibility index (Phi) is 5.04. The zero-order valence-electron chi connectivity index (χ0n) is 17.7. The van der Waals surface area contributed by atoms with Crippen molar-refractivity contribution in [1.29, 1.82) is 0 Å². The number of methoxy groups -OCH3 is 1. The van der Waals surface area contributed by atoms with E-state index in [1.807, 2.05) is 30.3 Å². The summed E-state index contributed by atoms with van der Waals surface area (Å²) in [6.07, 6.45) is -2.12. The van der Waals surface area contributed by atoms with Gasteiger partial charge in [0.1, 0.15) is 0 Å². The monoisotopic (exact) mass is 448 g/mol. The van der Waals surface area contributed by atoms with Gasteiger partial charge in [-0.3, -0.25) is 4.79 Å². The lowest BCUT2D eigenvalue weighted by Crippen LogP contribution is -2.06. The molecule has 1 aromatic heterocycles. The zero-order valence-corrected chi connectivity index (χ0v) is 17.7. The lowest BCUT2D eigenvalue weighted by molar-refractivity contribution is -0.140. The van der Waals surface area contributed by atoms with E-state index in [4.69, 9.17) is 4.74 Å². The first kappa shape index (κ1) is 21.0. The van der Waals surface area contributed by atoms with Crippen molar-refractivity contribution < 1.29 is 22.7 Å². The Morgan fingerprint density at radius 1 is 1.00 bits per heavy atom. The molecule has 7 heteroatoms. The average molecular weight is 448 g/mol. The largest absolute Gasteiger partial charge is 0.469 e. The maximum atomic E-state index is 13.2. The molecule has 33 heavy (non-hydrogen) atoms. The van der Waals surface area contributed by atoms with Crippen LogP contribution in [0.5, 0.6) is 0 Å². The highest BCUT2D eigenvalue weighted by Gasteiger charge is 2.30. The van der Waals surface area contributed by atoms with Crippen molar-refractivity contribution in [1.82, 2.24) is 9.78 Å². The third-order valence-corrected chi connectivity index (χ3v) is 5.86. The quantitative estimate of drug-likeness (QED) is 0.324. The molecule has 1 aliphatic rings. The van der Waals surface area contributed by atoms with Gasteiger partial charge in [0.05, 0.1) is 30.5 Å². The Labute approximate surface area is 188 Å². The van der Waals surface area contributed by atoms with Gasteiger partial charge in [0.2, 0.25) is 0 Å². The van der Waals surface area contributed by atoms with E-state index in [0.29, 0.717) is 11.3 Å². The van der Waals surface area contributed by atoms with Crippen LogP contribution in [0.1, 0.15) is 22.3 Å². The number of benzene rings is 3. The van der Waals surface area contributed by atoms with Crippen molar-refractivity contribution >= 4 is 5.97 Å². The Morgan fingerprint density at radius 2 is 1.79 bits per heavy atom. The summed E-state index contributed by atoms with van der Waals surface area (Å²) in [5, 5.41) is 4.58. The predicted octanol–water partition coefficient (Wildman–Crippen LogP) is 5.84. The average Bonchev–Trinajstić information content (AvgIpc) is 3.39. The summed E-state index contributed by atoms with van der Waals surface area (Å²) in [6.45, 7) is 0. The highest BCUT2D eigenvalue weighted by molar-refractivity contribution is 5.81. The van der Waals surface area contributed by atoms with E-state index >= 15 is 0 Å². The number of alkyl halides is 3. The molecule has 0 radical (unpaired) electrons. The van der Waals surface area contributed by atoms with Gasteiger partial charge in [0.25, 0.3) is 0 Å². The number of fused-ring (bicyclic) bond motifs is 3. The molecule has 0 N–H and O–H groups in total. The number of carbonyl (C=O) groups excluding carboxylic acids is 1. The van der Waals surface area contributed by atoms with Gasteiger partial charge >= 0.3 is 12.1 Å². The van der Waals surface area contributed by atoms with Gasteiger partial charge < -0.3 is 4.74 Å². The molecule has 0 unspecified atom stereocenters. The van der Waals surface area contributed by atoms with Crippen LogP contribution in [-0.4, -0.2) is 22.9 Å². The first-order chi connectivity index (χ1) is 15.8. The molecule has 4 nitrogen and oxygen atoms in total. The Bertz CT molecular complexity index is 1370. The third kappa shape index (κ3) is 3.91. The lowest BCUT2D eigenvalue weighted by atomic mass is 10.00. The Balaban J connectivity index is 1.59. The molecule has 3 aromatic carbocycles. The van der Waals surface area contributed by atoms with Crippen molar-refractivity contribution in [3.63, 3.8) is 0 Å². The number of ether oxygens (including phenoxy) is 1. The van der Waals surface area contributed by atoms with Crippen LogP contribution >= 0.6 is 0 Å². The fourth-order valence-corrected chi connectivity index (χ4v) is 4.26. The van der Waals surface area contributed by atoms with Crippen LogP contribution in [0, 0.1) is 0 Å². The molecule has 5 rings (SSSR count). The van der Waals surface area contributed by atoms with Gasteiger partial charge in [-0.2, -0.15) is 18.3 Å². The highest BCUT2D eigenvalue weighted by atomic mass is 19.4. The van der Waals surface area contributed by atoms with Gasteiger partial charge in [-0.1, -0.05) is 42.5 Å². The summed E-state index contributed by atoms with van der Waals surface area (Å²) in [4.78, 5) is 12.0. The van der Waals surface area contributed by atoms with Gasteiger partial charge in [-0.05, 0) is 52.9 Å². The van der Waals surface area contributed by atoms with Crippen LogP contribution in [0.25, 0.3) is 28.1 Å². The standard InChI is InChI=1S/C26H19F3N2O2/c1-33-24(32)13-19-15-31(21-7-4-6-20(14-21)26(27,28)29)30-25(19)17-9-10-23-18(12-17)11-16-5-2-3-8-22(16)23/h2-10,12,14-15H,11,13H2,1H3. The lowest BCUT2D eigenvalue weighted by Gasteiger charge is -2.08. The number of aromatic nitrogens is 2. The summed E-state index contributed by atoms with van der Waals surface area (Å²) in [5.74, 6) is -0.451. The second-order valence-electron chi connectivity index (χ2n) is 7.95. The molecule has 0 bridgehead atoms. The minimum atomic E-state index is -4.46. The smallest absolute Gasteiger partial charge is 0.416 e. The second-order valence-corrected chi connectivity index (χ2v) is 7.95. The number of hydrogen-bond acceptors (Lipinski definition) is 3. The van der Waals surface area contributed by atoms with Gasteiger partial charge in [-0.15, -0.1) is 0 Å². The second kappa shape index (κ2) is 7.92. The van der Waals surface area contributed by atoms with Gasteiger partial charge in [0.15, 0.2) is 0 Å². The van der Waals surface area contributed by atoms with E-state index < -0.39 is 17.7 Å². The van der Waals surface area contributed by atoms with Crippen LogP contribution in [-0.2, 0) is 28.5 Å². The van der Waals surface area contributed by atoms with Gasteiger partial charge in [0, 0.05) is 17.3 Å². The van der Waals surface area contributed by atoms with Gasteiger partial charge in [-0.25, -0.2) is 4.68 Å². The van der Waals surface area contributed by atoms with Crippen molar-refractivity contribution in [2.24, 2.45) is 0 Å². The van der Waals surface area contributed by atoms with Crippen LogP contribution in [0.2, 0.25) is 0 Å². The number of hydrogen-bond donors (Lipinski definition) is 0. The van der Waals surface area contributed by atoms with E-state index in [9.17, 15) is 18.0 Å². The third-order valence-electron chi connectivity index (χ3n) is 5.86. The number of esters is 1. The number of halogens is 3. The van der Waals surface area contributed by atoms with Crippen molar-refractivity contribution in [3.05, 3.63) is 95.2 Å². The maximum absolute atomic E-state index is 13.2. The first-order valence-corrected chi connectivity index (χ1v) is 10.4. The molecule has 0 fully saturated rings. The molecule has 4 aromatic rings. The normalized spacial score (nSPS) is 12.4. The summed E-state index contributed by atoms with van der Waals surface area (Å²) < 4.78 is 45.8. The van der Waals surface area contributed by atoms with E-state index in [0.717, 1.165) is 35.2 Å².